The largest absolute Gasteiger partial charge is 0.422 e. The van der Waals surface area contributed by atoms with E-state index in [0.29, 0.717) is 17.7 Å². The molecule has 0 fully saturated rings. The van der Waals surface area contributed by atoms with E-state index >= 15 is 0 Å². The van der Waals surface area contributed by atoms with Crippen molar-refractivity contribution in [2.45, 2.75) is 6.54 Å². The minimum absolute atomic E-state index is 0.267. The van der Waals surface area contributed by atoms with Crippen molar-refractivity contribution in [2.75, 3.05) is 5.43 Å². The average Bonchev–Trinajstić information content (AvgIpc) is 2.67. The molecule has 0 saturated carbocycles. The summed E-state index contributed by atoms with van der Waals surface area (Å²) < 4.78 is 5.17. The van der Waals surface area contributed by atoms with Crippen molar-refractivity contribution in [1.82, 2.24) is 5.43 Å². The third kappa shape index (κ3) is 0.885. The monoisotopic (exact) mass is 188 g/mol. The fourth-order valence-electron chi connectivity index (χ4n) is 1.71. The highest BCUT2D eigenvalue weighted by molar-refractivity contribution is 5.91. The zero-order valence-corrected chi connectivity index (χ0v) is 7.33. The topological polar surface area (TPSA) is 54.3 Å². The Hall–Kier alpha value is -1.81. The van der Waals surface area contributed by atoms with E-state index in [1.807, 2.05) is 18.2 Å². The molecule has 1 aromatic heterocycles. The van der Waals surface area contributed by atoms with Gasteiger partial charge in [0.05, 0.1) is 11.3 Å². The first-order valence-electron chi connectivity index (χ1n) is 4.40. The van der Waals surface area contributed by atoms with Crippen molar-refractivity contribution in [2.24, 2.45) is 0 Å². The number of hydrogen-bond acceptors (Lipinski definition) is 4. The molecule has 70 valence electrons. The fourth-order valence-corrected chi connectivity index (χ4v) is 1.71. The lowest BCUT2D eigenvalue weighted by Gasteiger charge is -2.02. The third-order valence-corrected chi connectivity index (χ3v) is 2.39. The number of benzene rings is 1. The highest BCUT2D eigenvalue weighted by Gasteiger charge is 2.18. The molecular formula is C10H8N2O2. The van der Waals surface area contributed by atoms with E-state index in [9.17, 15) is 4.79 Å². The van der Waals surface area contributed by atoms with E-state index in [4.69, 9.17) is 4.42 Å². The first kappa shape index (κ1) is 7.58. The molecule has 0 amide bonds. The molecular weight excluding hydrogens is 180 g/mol. The molecule has 0 aliphatic carbocycles. The van der Waals surface area contributed by atoms with Crippen LogP contribution in [-0.4, -0.2) is 0 Å². The van der Waals surface area contributed by atoms with Gasteiger partial charge in [0.2, 0.25) is 0 Å². The van der Waals surface area contributed by atoms with Gasteiger partial charge in [0.1, 0.15) is 5.58 Å². The number of fused-ring (bicyclic) bond motifs is 3. The molecule has 2 heterocycles. The maximum absolute atomic E-state index is 11.5. The molecule has 14 heavy (non-hydrogen) atoms. The minimum atomic E-state index is -0.267. The summed E-state index contributed by atoms with van der Waals surface area (Å²) in [5, 5.41) is 0.937. The van der Waals surface area contributed by atoms with Crippen LogP contribution in [0, 0.1) is 0 Å². The molecule has 2 N–H and O–H groups in total. The second kappa shape index (κ2) is 2.59. The number of hydrazine groups is 1. The van der Waals surface area contributed by atoms with Gasteiger partial charge in [-0.05, 0) is 12.1 Å². The van der Waals surface area contributed by atoms with Gasteiger partial charge >= 0.3 is 5.63 Å². The lowest BCUT2D eigenvalue weighted by Crippen LogP contribution is -2.12. The van der Waals surface area contributed by atoms with Crippen molar-refractivity contribution >= 4 is 16.7 Å². The molecule has 0 bridgehead atoms. The summed E-state index contributed by atoms with van der Waals surface area (Å²) in [4.78, 5) is 11.5. The maximum atomic E-state index is 11.5. The van der Waals surface area contributed by atoms with Gasteiger partial charge in [-0.2, -0.15) is 0 Å². The van der Waals surface area contributed by atoms with Crippen LogP contribution in [0.2, 0.25) is 0 Å². The number of nitrogens with one attached hydrogen (secondary N) is 2. The molecule has 1 aliphatic rings. The highest BCUT2D eigenvalue weighted by atomic mass is 16.4. The molecule has 0 saturated heterocycles. The van der Waals surface area contributed by atoms with Crippen molar-refractivity contribution < 1.29 is 4.42 Å². The molecule has 0 radical (unpaired) electrons. The molecule has 1 aromatic carbocycles. The Balaban J connectivity index is 2.52. The van der Waals surface area contributed by atoms with Gasteiger partial charge in [-0.3, -0.25) is 0 Å². The van der Waals surface area contributed by atoms with Gasteiger partial charge < -0.3 is 9.84 Å². The Morgan fingerprint density at radius 2 is 2.14 bits per heavy atom. The summed E-state index contributed by atoms with van der Waals surface area (Å²) in [7, 11) is 0. The van der Waals surface area contributed by atoms with Crippen LogP contribution in [0.3, 0.4) is 0 Å². The van der Waals surface area contributed by atoms with Crippen molar-refractivity contribution in [3.05, 3.63) is 40.2 Å². The van der Waals surface area contributed by atoms with Gasteiger partial charge in [0.15, 0.2) is 0 Å². The molecule has 2 aromatic rings. The Kier molecular flexibility index (Phi) is 1.40. The van der Waals surface area contributed by atoms with Crippen LogP contribution in [0.1, 0.15) is 5.56 Å². The van der Waals surface area contributed by atoms with Crippen LogP contribution in [0.4, 0.5) is 5.69 Å². The van der Waals surface area contributed by atoms with Gasteiger partial charge in [-0.1, -0.05) is 12.1 Å². The summed E-state index contributed by atoms with van der Waals surface area (Å²) in [5.41, 5.74) is 7.75. The predicted octanol–water partition coefficient (Wildman–Crippen LogP) is 1.22. The van der Waals surface area contributed by atoms with Crippen LogP contribution < -0.4 is 16.5 Å². The SMILES string of the molecule is O=c1oc2ccccc2c2c1CNN2. The van der Waals surface area contributed by atoms with Crippen LogP contribution in [-0.2, 0) is 6.54 Å². The van der Waals surface area contributed by atoms with Crippen molar-refractivity contribution in [3.63, 3.8) is 0 Å². The van der Waals surface area contributed by atoms with E-state index in [1.165, 1.54) is 0 Å². The number of rotatable bonds is 0. The Morgan fingerprint density at radius 3 is 3.07 bits per heavy atom. The van der Waals surface area contributed by atoms with E-state index < -0.39 is 0 Å². The number of anilines is 1. The Bertz CT molecular complexity index is 560. The molecule has 0 unspecified atom stereocenters. The standard InChI is InChI=1S/C10H8N2O2/c13-10-7-5-11-12-9(7)6-3-1-2-4-8(6)14-10/h1-4,11-12H,5H2. The molecule has 0 atom stereocenters. The quantitative estimate of drug-likeness (QED) is 0.610. The fraction of sp³-hybridized carbons (Fsp3) is 0.100. The van der Waals surface area contributed by atoms with Crippen LogP contribution >= 0.6 is 0 Å². The lowest BCUT2D eigenvalue weighted by molar-refractivity contribution is 0.552. The smallest absolute Gasteiger partial charge is 0.343 e. The van der Waals surface area contributed by atoms with Gasteiger partial charge in [0.25, 0.3) is 0 Å². The zero-order chi connectivity index (χ0) is 9.54. The second-order valence-corrected chi connectivity index (χ2v) is 3.22. The Morgan fingerprint density at radius 1 is 1.29 bits per heavy atom. The zero-order valence-electron chi connectivity index (χ0n) is 7.33. The lowest BCUT2D eigenvalue weighted by atomic mass is 10.1. The predicted molar refractivity (Wildman–Crippen MR) is 52.9 cm³/mol. The van der Waals surface area contributed by atoms with E-state index in [2.05, 4.69) is 10.9 Å². The molecule has 1 aliphatic heterocycles. The highest BCUT2D eigenvalue weighted by Crippen LogP contribution is 2.26. The molecule has 0 spiro atoms. The summed E-state index contributed by atoms with van der Waals surface area (Å²) >= 11 is 0. The maximum Gasteiger partial charge on any atom is 0.343 e. The van der Waals surface area contributed by atoms with Gasteiger partial charge in [-0.25, -0.2) is 10.2 Å². The van der Waals surface area contributed by atoms with E-state index in [0.717, 1.165) is 11.1 Å². The summed E-state index contributed by atoms with van der Waals surface area (Å²) in [6.07, 6.45) is 0. The molecule has 3 rings (SSSR count). The molecule has 4 nitrogen and oxygen atoms in total. The van der Waals surface area contributed by atoms with Gasteiger partial charge in [0, 0.05) is 11.9 Å². The summed E-state index contributed by atoms with van der Waals surface area (Å²) in [6.45, 7) is 0.516. The average molecular weight is 188 g/mol. The van der Waals surface area contributed by atoms with E-state index in [-0.39, 0.29) is 5.63 Å². The van der Waals surface area contributed by atoms with Crippen LogP contribution in [0.5, 0.6) is 0 Å². The second-order valence-electron chi connectivity index (χ2n) is 3.22. The van der Waals surface area contributed by atoms with E-state index in [1.54, 1.807) is 6.07 Å². The van der Waals surface area contributed by atoms with Crippen molar-refractivity contribution in [1.29, 1.82) is 0 Å². The summed E-state index contributed by atoms with van der Waals surface area (Å²) in [6, 6.07) is 7.48. The minimum Gasteiger partial charge on any atom is -0.422 e. The van der Waals surface area contributed by atoms with Crippen LogP contribution in [0.15, 0.2) is 33.5 Å². The number of para-hydroxylation sites is 1. The van der Waals surface area contributed by atoms with Crippen LogP contribution in [0.25, 0.3) is 11.0 Å². The van der Waals surface area contributed by atoms with Gasteiger partial charge in [-0.15, -0.1) is 0 Å². The summed E-state index contributed by atoms with van der Waals surface area (Å²) in [5.74, 6) is 0. The first-order valence-corrected chi connectivity index (χ1v) is 4.40. The molecule has 4 heteroatoms. The first-order chi connectivity index (χ1) is 6.86. The Labute approximate surface area is 79.5 Å². The normalized spacial score (nSPS) is 14.0. The number of hydrogen-bond donors (Lipinski definition) is 2. The third-order valence-electron chi connectivity index (χ3n) is 2.39. The van der Waals surface area contributed by atoms with Crippen molar-refractivity contribution in [3.8, 4) is 0 Å².